The minimum atomic E-state index is -4.23. The van der Waals surface area contributed by atoms with Crippen LogP contribution in [0.25, 0.3) is 0 Å². The van der Waals surface area contributed by atoms with Crippen molar-refractivity contribution in [3.05, 3.63) is 82.4 Å². The van der Waals surface area contributed by atoms with E-state index in [9.17, 15) is 18.5 Å². The molecule has 166 valence electrons. The van der Waals surface area contributed by atoms with Gasteiger partial charge in [0.15, 0.2) is 0 Å². The lowest BCUT2D eigenvalue weighted by Crippen LogP contribution is -2.15. The molecule has 2 N–H and O–H groups in total. The molecule has 0 aromatic heterocycles. The maximum Gasteiger partial charge on any atom is 0.270 e. The number of para-hydroxylation sites is 2. The molecule has 0 fully saturated rings. The Balaban J connectivity index is 1.95. The Labute approximate surface area is 184 Å². The third-order valence-corrected chi connectivity index (χ3v) is 5.71. The zero-order valence-corrected chi connectivity index (χ0v) is 18.0. The normalized spacial score (nSPS) is 11.2. The van der Waals surface area contributed by atoms with Crippen molar-refractivity contribution in [3.8, 4) is 11.5 Å². The van der Waals surface area contributed by atoms with Crippen molar-refractivity contribution in [2.75, 3.05) is 24.4 Å². The van der Waals surface area contributed by atoms with Gasteiger partial charge in [-0.2, -0.15) is 5.10 Å². The van der Waals surface area contributed by atoms with Gasteiger partial charge >= 0.3 is 0 Å². The van der Waals surface area contributed by atoms with Crippen molar-refractivity contribution in [1.29, 1.82) is 0 Å². The molecule has 3 aromatic rings. The van der Waals surface area contributed by atoms with Crippen LogP contribution in [-0.4, -0.2) is 33.8 Å². The van der Waals surface area contributed by atoms with E-state index in [-0.39, 0.29) is 22.0 Å². The second kappa shape index (κ2) is 9.79. The molecule has 3 aromatic carbocycles. The summed E-state index contributed by atoms with van der Waals surface area (Å²) in [5, 5.41) is 15.3. The highest BCUT2D eigenvalue weighted by molar-refractivity contribution is 7.93. The standard InChI is InChI=1S/C21H20N4O6S/c1-30-17-7-5-6-15(12-17)14-22-23-19-11-10-16(25(26)27)13-21(19)32(28,29)24-18-8-3-4-9-20(18)31-2/h3-14,23-24H,1-2H3/b22-14+. The summed E-state index contributed by atoms with van der Waals surface area (Å²) in [6, 6.07) is 16.9. The first kappa shape index (κ1) is 22.6. The second-order valence-electron chi connectivity index (χ2n) is 6.39. The van der Waals surface area contributed by atoms with Crippen molar-refractivity contribution in [3.63, 3.8) is 0 Å². The van der Waals surface area contributed by atoms with E-state index in [1.807, 2.05) is 0 Å². The Bertz CT molecular complexity index is 1260. The van der Waals surface area contributed by atoms with Crippen LogP contribution in [0.5, 0.6) is 11.5 Å². The van der Waals surface area contributed by atoms with Crippen LogP contribution in [0.1, 0.15) is 5.56 Å². The highest BCUT2D eigenvalue weighted by atomic mass is 32.2. The number of benzene rings is 3. The van der Waals surface area contributed by atoms with Gasteiger partial charge in [0.1, 0.15) is 16.4 Å². The molecule has 0 unspecified atom stereocenters. The smallest absolute Gasteiger partial charge is 0.270 e. The number of methoxy groups -OCH3 is 2. The molecule has 0 atom stereocenters. The van der Waals surface area contributed by atoms with E-state index in [0.29, 0.717) is 17.1 Å². The lowest BCUT2D eigenvalue weighted by Gasteiger charge is -2.14. The highest BCUT2D eigenvalue weighted by Crippen LogP contribution is 2.31. The zero-order chi connectivity index (χ0) is 23.1. The maximum atomic E-state index is 13.1. The van der Waals surface area contributed by atoms with Gasteiger partial charge in [-0.1, -0.05) is 24.3 Å². The van der Waals surface area contributed by atoms with Gasteiger partial charge in [0.05, 0.1) is 36.7 Å². The van der Waals surface area contributed by atoms with Crippen LogP contribution < -0.4 is 19.6 Å². The van der Waals surface area contributed by atoms with Crippen molar-refractivity contribution in [2.24, 2.45) is 5.10 Å². The van der Waals surface area contributed by atoms with Gasteiger partial charge in [-0.3, -0.25) is 20.3 Å². The Morgan fingerprint density at radius 2 is 1.75 bits per heavy atom. The molecular formula is C21H20N4O6S. The van der Waals surface area contributed by atoms with Gasteiger partial charge in [-0.25, -0.2) is 8.42 Å². The minimum Gasteiger partial charge on any atom is -0.497 e. The summed E-state index contributed by atoms with van der Waals surface area (Å²) < 4.78 is 38.9. The molecule has 0 saturated heterocycles. The predicted octanol–water partition coefficient (Wildman–Crippen LogP) is 3.86. The number of anilines is 2. The number of sulfonamides is 1. The number of rotatable bonds is 9. The van der Waals surface area contributed by atoms with Crippen LogP contribution in [0.15, 0.2) is 76.7 Å². The average molecular weight is 456 g/mol. The first-order valence-electron chi connectivity index (χ1n) is 9.21. The predicted molar refractivity (Wildman–Crippen MR) is 121 cm³/mol. The first-order valence-corrected chi connectivity index (χ1v) is 10.7. The first-order chi connectivity index (χ1) is 15.3. The number of hydrazone groups is 1. The SMILES string of the molecule is COc1cccc(/C=N/Nc2ccc([N+](=O)[O-])cc2S(=O)(=O)Nc2ccccc2OC)c1. The molecule has 0 bridgehead atoms. The van der Waals surface area contributed by atoms with E-state index in [4.69, 9.17) is 9.47 Å². The Morgan fingerprint density at radius 1 is 0.969 bits per heavy atom. The number of nitro benzene ring substituents is 1. The number of hydrogen-bond donors (Lipinski definition) is 2. The summed E-state index contributed by atoms with van der Waals surface area (Å²) in [4.78, 5) is 10.2. The van der Waals surface area contributed by atoms with E-state index in [2.05, 4.69) is 15.2 Å². The Hall–Kier alpha value is -4.12. The number of ether oxygens (including phenoxy) is 2. The molecule has 0 amide bonds. The Kier molecular flexibility index (Phi) is 6.90. The van der Waals surface area contributed by atoms with Crippen LogP contribution in [0.2, 0.25) is 0 Å². The van der Waals surface area contributed by atoms with E-state index < -0.39 is 14.9 Å². The van der Waals surface area contributed by atoms with Crippen LogP contribution in [-0.2, 0) is 10.0 Å². The zero-order valence-electron chi connectivity index (χ0n) is 17.2. The fraction of sp³-hybridized carbons (Fsp3) is 0.0952. The molecule has 0 aliphatic heterocycles. The van der Waals surface area contributed by atoms with E-state index in [0.717, 1.165) is 6.07 Å². The molecular weight excluding hydrogens is 436 g/mol. The third kappa shape index (κ3) is 5.32. The monoisotopic (exact) mass is 456 g/mol. The van der Waals surface area contributed by atoms with Crippen molar-refractivity contribution < 1.29 is 22.8 Å². The summed E-state index contributed by atoms with van der Waals surface area (Å²) in [7, 11) is -1.29. The molecule has 11 heteroatoms. The fourth-order valence-electron chi connectivity index (χ4n) is 2.77. The summed E-state index contributed by atoms with van der Waals surface area (Å²) >= 11 is 0. The summed E-state index contributed by atoms with van der Waals surface area (Å²) in [6.07, 6.45) is 1.47. The van der Waals surface area contributed by atoms with Crippen LogP contribution in [0.3, 0.4) is 0 Å². The maximum absolute atomic E-state index is 13.1. The van der Waals surface area contributed by atoms with Crippen LogP contribution >= 0.6 is 0 Å². The number of non-ortho nitro benzene ring substituents is 1. The van der Waals surface area contributed by atoms with Gasteiger partial charge < -0.3 is 9.47 Å². The molecule has 0 radical (unpaired) electrons. The van der Waals surface area contributed by atoms with Crippen molar-refractivity contribution in [2.45, 2.75) is 4.90 Å². The topological polar surface area (TPSA) is 132 Å². The minimum absolute atomic E-state index is 0.0529. The van der Waals surface area contributed by atoms with Gasteiger partial charge in [0.25, 0.3) is 15.7 Å². The quantitative estimate of drug-likeness (QED) is 0.284. The fourth-order valence-corrected chi connectivity index (χ4v) is 4.01. The van der Waals surface area contributed by atoms with Crippen molar-refractivity contribution >= 4 is 33.3 Å². The molecule has 0 saturated carbocycles. The van der Waals surface area contributed by atoms with E-state index in [1.54, 1.807) is 42.5 Å². The van der Waals surface area contributed by atoms with Gasteiger partial charge in [0, 0.05) is 12.1 Å². The molecule has 3 rings (SSSR count). The van der Waals surface area contributed by atoms with Crippen molar-refractivity contribution in [1.82, 2.24) is 0 Å². The van der Waals surface area contributed by atoms with E-state index in [1.165, 1.54) is 38.6 Å². The van der Waals surface area contributed by atoms with Gasteiger partial charge in [-0.05, 0) is 35.9 Å². The lowest BCUT2D eigenvalue weighted by atomic mass is 10.2. The summed E-state index contributed by atoms with van der Waals surface area (Å²) in [6.45, 7) is 0. The summed E-state index contributed by atoms with van der Waals surface area (Å²) in [5.74, 6) is 0.931. The third-order valence-electron chi connectivity index (χ3n) is 4.31. The largest absolute Gasteiger partial charge is 0.497 e. The number of nitrogens with one attached hydrogen (secondary N) is 2. The lowest BCUT2D eigenvalue weighted by molar-refractivity contribution is -0.385. The van der Waals surface area contributed by atoms with Gasteiger partial charge in [0.2, 0.25) is 0 Å². The molecule has 10 nitrogen and oxygen atoms in total. The number of nitrogens with zero attached hydrogens (tertiary/aromatic N) is 2. The highest BCUT2D eigenvalue weighted by Gasteiger charge is 2.23. The number of hydrogen-bond acceptors (Lipinski definition) is 8. The van der Waals surface area contributed by atoms with Crippen LogP contribution in [0, 0.1) is 10.1 Å². The Morgan fingerprint density at radius 3 is 2.47 bits per heavy atom. The molecule has 32 heavy (non-hydrogen) atoms. The van der Waals surface area contributed by atoms with Gasteiger partial charge in [-0.15, -0.1) is 0 Å². The second-order valence-corrected chi connectivity index (χ2v) is 8.04. The number of nitro groups is 1. The summed E-state index contributed by atoms with van der Waals surface area (Å²) in [5.41, 5.74) is 3.20. The van der Waals surface area contributed by atoms with Crippen LogP contribution in [0.4, 0.5) is 17.1 Å². The molecule has 0 aliphatic carbocycles. The molecule has 0 spiro atoms. The molecule has 0 aliphatic rings. The molecule has 0 heterocycles. The van der Waals surface area contributed by atoms with E-state index >= 15 is 0 Å². The average Bonchev–Trinajstić information content (AvgIpc) is 2.79.